The van der Waals surface area contributed by atoms with Crippen molar-refractivity contribution >= 4 is 33.8 Å². The van der Waals surface area contributed by atoms with Gasteiger partial charge in [-0.2, -0.15) is 14.4 Å². The number of likely N-dealkylation sites (tertiary alicyclic amines) is 1. The topological polar surface area (TPSA) is 116 Å². The minimum Gasteiger partial charge on any atom is -0.414 e. The summed E-state index contributed by atoms with van der Waals surface area (Å²) in [6.45, 7) is 7.49. The lowest BCUT2D eigenvalue weighted by Gasteiger charge is -2.40. The van der Waals surface area contributed by atoms with Gasteiger partial charge in [-0.05, 0) is 26.8 Å². The minimum absolute atomic E-state index is 0.0648. The van der Waals surface area contributed by atoms with Crippen LogP contribution in [0, 0.1) is 0 Å². The SMILES string of the molecule is CC(C)(C)OC(=O)[N+]1(c2[nH]nc3cnc4[nH]ccc4c23)CCC(NCCO)CC1. The molecule has 1 aliphatic heterocycles. The van der Waals surface area contributed by atoms with Gasteiger partial charge in [-0.1, -0.05) is 0 Å². The van der Waals surface area contributed by atoms with E-state index in [9.17, 15) is 4.79 Å². The number of fused-ring (bicyclic) bond motifs is 3. The Hall–Kier alpha value is -2.49. The molecule has 1 aliphatic rings. The van der Waals surface area contributed by atoms with Crippen molar-refractivity contribution in [3.8, 4) is 0 Å². The molecule has 0 saturated carbocycles. The van der Waals surface area contributed by atoms with Crippen LogP contribution in [-0.2, 0) is 4.74 Å². The molecule has 0 aromatic carbocycles. The average Bonchev–Trinajstić information content (AvgIpc) is 3.31. The number of quaternary nitrogens is 1. The van der Waals surface area contributed by atoms with Crippen molar-refractivity contribution in [3.05, 3.63) is 18.5 Å². The Balaban J connectivity index is 1.78. The summed E-state index contributed by atoms with van der Waals surface area (Å²) in [6, 6.07) is 2.23. The predicted molar refractivity (Wildman–Crippen MR) is 112 cm³/mol. The quantitative estimate of drug-likeness (QED) is 0.499. The fourth-order valence-electron chi connectivity index (χ4n) is 4.14. The zero-order valence-corrected chi connectivity index (χ0v) is 17.2. The van der Waals surface area contributed by atoms with Crippen LogP contribution < -0.4 is 9.80 Å². The van der Waals surface area contributed by atoms with Gasteiger partial charge < -0.3 is 20.1 Å². The van der Waals surface area contributed by atoms with E-state index in [0.717, 1.165) is 40.6 Å². The molecule has 4 N–H and O–H groups in total. The van der Waals surface area contributed by atoms with E-state index in [4.69, 9.17) is 9.84 Å². The molecule has 3 aromatic heterocycles. The van der Waals surface area contributed by atoms with Crippen LogP contribution in [0.1, 0.15) is 33.6 Å². The fraction of sp³-hybridized carbons (Fsp3) is 0.550. The standard InChI is InChI=1S/C20H29N6O3/c1-20(2,3)29-19(28)26(9-5-13(6-10-26)21-8-11-27)18-16-14-4-7-22-17(14)23-12-15(16)24-25-18/h4,7,12-13,21,27H,5-6,8-11H2,1-3H3,(H,22,23)(H,24,25)/q+1. The normalized spacial score (nSPS) is 23.0. The van der Waals surface area contributed by atoms with E-state index >= 15 is 0 Å². The Kier molecular flexibility index (Phi) is 5.05. The molecule has 9 nitrogen and oxygen atoms in total. The monoisotopic (exact) mass is 401 g/mol. The number of aromatic amines is 2. The summed E-state index contributed by atoms with van der Waals surface area (Å²) in [5, 5.41) is 21.9. The van der Waals surface area contributed by atoms with E-state index in [1.54, 1.807) is 6.20 Å². The van der Waals surface area contributed by atoms with Crippen LogP contribution in [0.15, 0.2) is 18.5 Å². The maximum Gasteiger partial charge on any atom is 0.523 e. The number of hydrogen-bond acceptors (Lipinski definition) is 6. The molecule has 1 amide bonds. The van der Waals surface area contributed by atoms with Crippen LogP contribution in [0.3, 0.4) is 0 Å². The summed E-state index contributed by atoms with van der Waals surface area (Å²) in [5.41, 5.74) is 0.908. The Morgan fingerprint density at radius 1 is 1.38 bits per heavy atom. The molecule has 4 heterocycles. The number of carbonyl (C=O) groups is 1. The lowest BCUT2D eigenvalue weighted by atomic mass is 10.0. The predicted octanol–water partition coefficient (Wildman–Crippen LogP) is 2.43. The van der Waals surface area contributed by atoms with Crippen molar-refractivity contribution < 1.29 is 14.6 Å². The Bertz CT molecular complexity index is 1010. The highest BCUT2D eigenvalue weighted by molar-refractivity contribution is 6.10. The molecule has 4 rings (SSSR count). The van der Waals surface area contributed by atoms with Gasteiger partial charge in [0.1, 0.15) is 16.8 Å². The molecule has 0 atom stereocenters. The Labute approximate surface area is 169 Å². The number of pyridine rings is 1. The highest BCUT2D eigenvalue weighted by Crippen LogP contribution is 2.37. The summed E-state index contributed by atoms with van der Waals surface area (Å²) in [7, 11) is 0. The fourth-order valence-corrected chi connectivity index (χ4v) is 4.14. The second kappa shape index (κ2) is 7.40. The summed E-state index contributed by atoms with van der Waals surface area (Å²) in [5.74, 6) is 0.752. The van der Waals surface area contributed by atoms with E-state index in [0.29, 0.717) is 19.6 Å². The number of hydrogen-bond donors (Lipinski definition) is 4. The first kappa shape index (κ1) is 19.8. The van der Waals surface area contributed by atoms with E-state index in [1.165, 1.54) is 0 Å². The average molecular weight is 401 g/mol. The number of nitrogens with zero attached hydrogens (tertiary/aromatic N) is 3. The number of rotatable bonds is 4. The molecule has 0 spiro atoms. The molecule has 29 heavy (non-hydrogen) atoms. The number of amides is 1. The maximum atomic E-state index is 13.5. The second-order valence-electron chi connectivity index (χ2n) is 8.68. The number of piperidine rings is 1. The number of aliphatic hydroxyl groups excluding tert-OH is 1. The molecule has 0 unspecified atom stereocenters. The molecular weight excluding hydrogens is 372 g/mol. The number of ether oxygens (including phenoxy) is 1. The van der Waals surface area contributed by atoms with Gasteiger partial charge in [0.2, 0.25) is 5.82 Å². The molecule has 0 bridgehead atoms. The molecule has 1 saturated heterocycles. The van der Waals surface area contributed by atoms with Crippen LogP contribution in [-0.4, -0.2) is 69.2 Å². The molecule has 3 aromatic rings. The third-order valence-electron chi connectivity index (χ3n) is 5.52. The molecular formula is C20H29N6O3+. The first-order chi connectivity index (χ1) is 13.8. The molecule has 9 heteroatoms. The maximum absolute atomic E-state index is 13.5. The zero-order valence-electron chi connectivity index (χ0n) is 17.2. The van der Waals surface area contributed by atoms with Crippen LogP contribution in [0.5, 0.6) is 0 Å². The van der Waals surface area contributed by atoms with Crippen LogP contribution >= 0.6 is 0 Å². The number of carbonyl (C=O) groups excluding carboxylic acids is 1. The number of aromatic nitrogens is 4. The van der Waals surface area contributed by atoms with Crippen molar-refractivity contribution in [3.63, 3.8) is 0 Å². The lowest BCUT2D eigenvalue weighted by molar-refractivity contribution is 0.0206. The third kappa shape index (κ3) is 3.61. The van der Waals surface area contributed by atoms with Crippen LogP contribution in [0.2, 0.25) is 0 Å². The van der Waals surface area contributed by atoms with Crippen molar-refractivity contribution in [1.29, 1.82) is 0 Å². The molecule has 0 radical (unpaired) electrons. The third-order valence-corrected chi connectivity index (χ3v) is 5.52. The Morgan fingerprint density at radius 3 is 2.83 bits per heavy atom. The number of H-pyrrole nitrogens is 2. The van der Waals surface area contributed by atoms with E-state index in [-0.39, 0.29) is 23.2 Å². The minimum atomic E-state index is -0.588. The van der Waals surface area contributed by atoms with Gasteiger partial charge >= 0.3 is 6.09 Å². The number of nitrogens with one attached hydrogen (secondary N) is 3. The van der Waals surface area contributed by atoms with Gasteiger partial charge in [0.15, 0.2) is 0 Å². The van der Waals surface area contributed by atoms with Gasteiger partial charge in [0.05, 0.1) is 31.3 Å². The summed E-state index contributed by atoms with van der Waals surface area (Å²) >= 11 is 0. The van der Waals surface area contributed by atoms with Crippen LogP contribution in [0.25, 0.3) is 21.9 Å². The lowest BCUT2D eigenvalue weighted by Crippen LogP contribution is -2.62. The summed E-state index contributed by atoms with van der Waals surface area (Å²) < 4.78 is 5.93. The highest BCUT2D eigenvalue weighted by atomic mass is 16.6. The van der Waals surface area contributed by atoms with Gasteiger partial charge in [0, 0.05) is 37.0 Å². The molecule has 0 aliphatic carbocycles. The second-order valence-corrected chi connectivity index (χ2v) is 8.68. The van der Waals surface area contributed by atoms with Gasteiger partial charge in [-0.15, -0.1) is 0 Å². The van der Waals surface area contributed by atoms with E-state index in [2.05, 4.69) is 25.5 Å². The summed E-state index contributed by atoms with van der Waals surface area (Å²) in [4.78, 5) is 21.0. The zero-order chi connectivity index (χ0) is 20.6. The summed E-state index contributed by atoms with van der Waals surface area (Å²) in [6.07, 6.45) is 4.87. The number of aliphatic hydroxyl groups is 1. The molecule has 1 fully saturated rings. The largest absolute Gasteiger partial charge is 0.523 e. The van der Waals surface area contributed by atoms with Gasteiger partial charge in [0.25, 0.3) is 0 Å². The van der Waals surface area contributed by atoms with Crippen molar-refractivity contribution in [1.82, 2.24) is 30.0 Å². The van der Waals surface area contributed by atoms with E-state index < -0.39 is 5.60 Å². The van der Waals surface area contributed by atoms with Crippen LogP contribution in [0.4, 0.5) is 10.6 Å². The van der Waals surface area contributed by atoms with Crippen molar-refractivity contribution in [2.75, 3.05) is 26.2 Å². The van der Waals surface area contributed by atoms with Crippen molar-refractivity contribution in [2.45, 2.75) is 45.3 Å². The van der Waals surface area contributed by atoms with E-state index in [1.807, 2.05) is 33.0 Å². The first-order valence-corrected chi connectivity index (χ1v) is 10.1. The highest BCUT2D eigenvalue weighted by Gasteiger charge is 2.48. The molecule has 156 valence electrons. The smallest absolute Gasteiger partial charge is 0.414 e. The Morgan fingerprint density at radius 2 is 2.14 bits per heavy atom. The van der Waals surface area contributed by atoms with Gasteiger partial charge in [-0.3, -0.25) is 0 Å². The van der Waals surface area contributed by atoms with Gasteiger partial charge in [-0.25, -0.2) is 10.1 Å². The van der Waals surface area contributed by atoms with Crippen molar-refractivity contribution in [2.24, 2.45) is 0 Å². The first-order valence-electron chi connectivity index (χ1n) is 10.1.